The van der Waals surface area contributed by atoms with Crippen LogP contribution in [0.5, 0.6) is 0 Å². The van der Waals surface area contributed by atoms with Crippen molar-refractivity contribution in [3.05, 3.63) is 75.4 Å². The van der Waals surface area contributed by atoms with E-state index in [1.807, 2.05) is 42.5 Å². The molecule has 0 radical (unpaired) electrons. The van der Waals surface area contributed by atoms with Crippen LogP contribution in [-0.4, -0.2) is 27.5 Å². The summed E-state index contributed by atoms with van der Waals surface area (Å²) in [6, 6.07) is 17.9. The third-order valence-corrected chi connectivity index (χ3v) is 6.72. The third-order valence-electron chi connectivity index (χ3n) is 4.01. The SMILES string of the molecule is CCCCC(=O)OC1=C([Se]c2ccccc2)C(c2ccc(Cl)cc2)OC1. The van der Waals surface area contributed by atoms with Gasteiger partial charge in [0.05, 0.1) is 0 Å². The van der Waals surface area contributed by atoms with Crippen molar-refractivity contribution in [3.8, 4) is 0 Å². The maximum atomic E-state index is 12.1. The minimum absolute atomic E-state index is 0.0163. The van der Waals surface area contributed by atoms with Crippen molar-refractivity contribution in [3.63, 3.8) is 0 Å². The van der Waals surface area contributed by atoms with Crippen LogP contribution in [0.2, 0.25) is 5.02 Å². The molecule has 2 aromatic rings. The van der Waals surface area contributed by atoms with E-state index in [0.717, 1.165) is 22.9 Å². The van der Waals surface area contributed by atoms with Gasteiger partial charge in [-0.15, -0.1) is 0 Å². The zero-order valence-corrected chi connectivity index (χ0v) is 17.1. The summed E-state index contributed by atoms with van der Waals surface area (Å²) < 4.78 is 14.0. The van der Waals surface area contributed by atoms with Crippen LogP contribution >= 0.6 is 11.6 Å². The van der Waals surface area contributed by atoms with Crippen LogP contribution in [0.3, 0.4) is 0 Å². The Labute approximate surface area is 165 Å². The summed E-state index contributed by atoms with van der Waals surface area (Å²) in [4.78, 5) is 12.1. The minimum atomic E-state index is -0.193. The summed E-state index contributed by atoms with van der Waals surface area (Å²) >= 11 is 6.03. The van der Waals surface area contributed by atoms with Crippen LogP contribution in [0.15, 0.2) is 64.8 Å². The van der Waals surface area contributed by atoms with Gasteiger partial charge in [0.15, 0.2) is 0 Å². The molecule has 0 spiro atoms. The average molecular weight is 436 g/mol. The van der Waals surface area contributed by atoms with Gasteiger partial charge in [0.1, 0.15) is 0 Å². The summed E-state index contributed by atoms with van der Waals surface area (Å²) in [5.41, 5.74) is 1.03. The number of ether oxygens (including phenoxy) is 2. The first-order valence-corrected chi connectivity index (χ1v) is 10.8. The van der Waals surface area contributed by atoms with Crippen molar-refractivity contribution in [2.75, 3.05) is 6.61 Å². The van der Waals surface area contributed by atoms with Crippen LogP contribution in [0.4, 0.5) is 0 Å². The first-order chi connectivity index (χ1) is 12.7. The molecule has 0 saturated carbocycles. The number of hydrogen-bond donors (Lipinski definition) is 0. The maximum absolute atomic E-state index is 12.1. The molecule has 3 rings (SSSR count). The molecule has 0 fully saturated rings. The van der Waals surface area contributed by atoms with Crippen LogP contribution in [0.25, 0.3) is 0 Å². The Hall–Kier alpha value is -1.58. The molecule has 0 bridgehead atoms. The number of hydrogen-bond acceptors (Lipinski definition) is 3. The van der Waals surface area contributed by atoms with Crippen LogP contribution in [-0.2, 0) is 14.3 Å². The van der Waals surface area contributed by atoms with Crippen LogP contribution in [0.1, 0.15) is 37.9 Å². The van der Waals surface area contributed by atoms with Gasteiger partial charge in [0, 0.05) is 0 Å². The fourth-order valence-corrected chi connectivity index (χ4v) is 5.03. The van der Waals surface area contributed by atoms with E-state index >= 15 is 0 Å². The predicted molar refractivity (Wildman–Crippen MR) is 105 cm³/mol. The molecule has 0 N–H and O–H groups in total. The zero-order valence-electron chi connectivity index (χ0n) is 14.6. The molecule has 1 atom stereocenters. The predicted octanol–water partition coefficient (Wildman–Crippen LogP) is 4.39. The topological polar surface area (TPSA) is 35.5 Å². The van der Waals surface area contributed by atoms with Gasteiger partial charge in [-0.3, -0.25) is 0 Å². The van der Waals surface area contributed by atoms with Gasteiger partial charge in [0.25, 0.3) is 0 Å². The molecule has 5 heteroatoms. The Morgan fingerprint density at radius 2 is 1.92 bits per heavy atom. The van der Waals surface area contributed by atoms with Gasteiger partial charge in [-0.05, 0) is 0 Å². The first-order valence-electron chi connectivity index (χ1n) is 8.71. The third kappa shape index (κ3) is 4.99. The van der Waals surface area contributed by atoms with Gasteiger partial charge in [0.2, 0.25) is 0 Å². The number of benzene rings is 2. The van der Waals surface area contributed by atoms with E-state index in [2.05, 4.69) is 19.1 Å². The van der Waals surface area contributed by atoms with Crippen molar-refractivity contribution in [1.29, 1.82) is 0 Å². The van der Waals surface area contributed by atoms with E-state index in [-0.39, 0.29) is 27.0 Å². The fourth-order valence-electron chi connectivity index (χ4n) is 2.65. The molecule has 3 nitrogen and oxygen atoms in total. The van der Waals surface area contributed by atoms with Crippen molar-refractivity contribution >= 4 is 37.0 Å². The van der Waals surface area contributed by atoms with Gasteiger partial charge in [-0.2, -0.15) is 0 Å². The molecule has 0 aliphatic carbocycles. The quantitative estimate of drug-likeness (QED) is 0.478. The molecule has 1 unspecified atom stereocenters. The zero-order chi connectivity index (χ0) is 18.4. The second-order valence-corrected chi connectivity index (χ2v) is 8.80. The molecule has 0 aromatic heterocycles. The van der Waals surface area contributed by atoms with Crippen LogP contribution < -0.4 is 4.46 Å². The number of halogens is 1. The van der Waals surface area contributed by atoms with E-state index in [9.17, 15) is 4.79 Å². The van der Waals surface area contributed by atoms with Gasteiger partial charge in [-0.25, -0.2) is 0 Å². The molecule has 1 heterocycles. The Morgan fingerprint density at radius 1 is 1.19 bits per heavy atom. The van der Waals surface area contributed by atoms with E-state index in [1.165, 1.54) is 4.46 Å². The second-order valence-electron chi connectivity index (χ2n) is 6.02. The molecule has 1 aliphatic heterocycles. The fraction of sp³-hybridized carbons (Fsp3) is 0.286. The van der Waals surface area contributed by atoms with Gasteiger partial charge in [-0.1, -0.05) is 0 Å². The Kier molecular flexibility index (Phi) is 6.92. The summed E-state index contributed by atoms with van der Waals surface area (Å²) in [5.74, 6) is 0.499. The summed E-state index contributed by atoms with van der Waals surface area (Å²) in [5, 5.41) is 0.692. The molecule has 26 heavy (non-hydrogen) atoms. The standard InChI is InChI=1S/C21H21ClO3Se/c1-2-3-9-19(23)25-18-14-24-20(15-10-12-16(22)13-11-15)21(18)26-17-7-5-4-6-8-17/h4-8,10-13,20H,2-3,9,14H2,1H3. The van der Waals surface area contributed by atoms with Crippen molar-refractivity contribution in [1.82, 2.24) is 0 Å². The van der Waals surface area contributed by atoms with Crippen molar-refractivity contribution < 1.29 is 14.3 Å². The Balaban J connectivity index is 1.86. The molecule has 0 saturated heterocycles. The number of esters is 1. The van der Waals surface area contributed by atoms with E-state index in [4.69, 9.17) is 21.1 Å². The average Bonchev–Trinajstić information content (AvgIpc) is 3.04. The van der Waals surface area contributed by atoms with E-state index < -0.39 is 0 Å². The summed E-state index contributed by atoms with van der Waals surface area (Å²) in [6.07, 6.45) is 2.06. The molecule has 1 aliphatic rings. The Morgan fingerprint density at radius 3 is 2.62 bits per heavy atom. The number of carbonyl (C=O) groups is 1. The Bertz CT molecular complexity index is 772. The van der Waals surface area contributed by atoms with Crippen molar-refractivity contribution in [2.45, 2.75) is 32.3 Å². The second kappa shape index (κ2) is 9.38. The molecule has 0 amide bonds. The summed E-state index contributed by atoms with van der Waals surface area (Å²) in [6.45, 7) is 2.39. The van der Waals surface area contributed by atoms with Gasteiger partial charge >= 0.3 is 166 Å². The number of unbranched alkanes of at least 4 members (excludes halogenated alkanes) is 1. The normalized spacial score (nSPS) is 16.8. The molecule has 2 aromatic carbocycles. The van der Waals surface area contributed by atoms with Gasteiger partial charge < -0.3 is 0 Å². The molecule has 136 valence electrons. The number of rotatable bonds is 7. The van der Waals surface area contributed by atoms with Crippen molar-refractivity contribution in [2.24, 2.45) is 0 Å². The first kappa shape index (κ1) is 19.2. The monoisotopic (exact) mass is 436 g/mol. The summed E-state index contributed by atoms with van der Waals surface area (Å²) in [7, 11) is 0. The van der Waals surface area contributed by atoms with E-state index in [1.54, 1.807) is 0 Å². The molecular formula is C21H21ClO3Se. The van der Waals surface area contributed by atoms with Crippen LogP contribution in [0, 0.1) is 0 Å². The number of carbonyl (C=O) groups excluding carboxylic acids is 1. The van der Waals surface area contributed by atoms with E-state index in [0.29, 0.717) is 23.8 Å². The molecular weight excluding hydrogens is 415 g/mol.